The summed E-state index contributed by atoms with van der Waals surface area (Å²) in [5.74, 6) is -0.552. The zero-order valence-electron chi connectivity index (χ0n) is 6.33. The Labute approximate surface area is 64.5 Å². The summed E-state index contributed by atoms with van der Waals surface area (Å²) >= 11 is 0. The Morgan fingerprint density at radius 2 is 2.55 bits per heavy atom. The first-order valence-corrected chi connectivity index (χ1v) is 3.48. The van der Waals surface area contributed by atoms with Gasteiger partial charge >= 0.3 is 11.9 Å². The summed E-state index contributed by atoms with van der Waals surface area (Å²) in [6, 6.07) is 0. The molecular formula is C7H10O4. The van der Waals surface area contributed by atoms with Crippen molar-refractivity contribution in [3.63, 3.8) is 0 Å². The lowest BCUT2D eigenvalue weighted by Crippen LogP contribution is -2.14. The summed E-state index contributed by atoms with van der Waals surface area (Å²) in [5, 5.41) is 0. The molecule has 0 spiro atoms. The Balaban J connectivity index is 2.28. The van der Waals surface area contributed by atoms with E-state index in [4.69, 9.17) is 4.74 Å². The fourth-order valence-corrected chi connectivity index (χ4v) is 0.996. The van der Waals surface area contributed by atoms with Gasteiger partial charge in [-0.15, -0.1) is 0 Å². The number of rotatable bonds is 2. The van der Waals surface area contributed by atoms with Crippen LogP contribution in [0.25, 0.3) is 0 Å². The molecule has 1 atom stereocenters. The Bertz CT molecular complexity index is 175. The summed E-state index contributed by atoms with van der Waals surface area (Å²) in [6.07, 6.45) is 0.979. The van der Waals surface area contributed by atoms with Gasteiger partial charge in [-0.3, -0.25) is 9.59 Å². The average molecular weight is 158 g/mol. The Hall–Kier alpha value is -1.06. The van der Waals surface area contributed by atoms with Crippen molar-refractivity contribution in [3.8, 4) is 0 Å². The van der Waals surface area contributed by atoms with Crippen molar-refractivity contribution in [3.05, 3.63) is 0 Å². The molecule has 1 unspecified atom stereocenters. The molecule has 62 valence electrons. The maximum absolute atomic E-state index is 10.7. The normalized spacial score (nSPS) is 23.0. The number of carbonyl (C=O) groups excluding carboxylic acids is 2. The van der Waals surface area contributed by atoms with E-state index in [1.54, 1.807) is 0 Å². The van der Waals surface area contributed by atoms with E-state index >= 15 is 0 Å². The molecule has 0 aromatic rings. The van der Waals surface area contributed by atoms with Crippen LogP contribution in [0.2, 0.25) is 0 Å². The zero-order valence-corrected chi connectivity index (χ0v) is 6.33. The zero-order chi connectivity index (χ0) is 8.27. The maximum atomic E-state index is 10.7. The Kier molecular flexibility index (Phi) is 2.46. The van der Waals surface area contributed by atoms with Crippen LogP contribution in [-0.4, -0.2) is 25.2 Å². The first-order chi connectivity index (χ1) is 5.22. The van der Waals surface area contributed by atoms with E-state index in [-0.39, 0.29) is 24.5 Å². The molecule has 1 rings (SSSR count). The third-order valence-corrected chi connectivity index (χ3v) is 1.59. The van der Waals surface area contributed by atoms with Crippen LogP contribution in [0.1, 0.15) is 19.3 Å². The van der Waals surface area contributed by atoms with Crippen molar-refractivity contribution in [2.75, 3.05) is 7.11 Å². The van der Waals surface area contributed by atoms with E-state index in [0.29, 0.717) is 12.8 Å². The fourth-order valence-electron chi connectivity index (χ4n) is 0.996. The topological polar surface area (TPSA) is 52.6 Å². The standard InChI is InChI=1S/C7H10O4/c1-10-7(9)4-5-2-3-6(8)11-5/h5H,2-4H2,1H3. The van der Waals surface area contributed by atoms with E-state index in [1.807, 2.05) is 0 Å². The van der Waals surface area contributed by atoms with Gasteiger partial charge in [0.15, 0.2) is 0 Å². The Morgan fingerprint density at radius 3 is 3.00 bits per heavy atom. The molecule has 0 aliphatic carbocycles. The number of carbonyl (C=O) groups is 2. The quantitative estimate of drug-likeness (QED) is 0.541. The van der Waals surface area contributed by atoms with Crippen LogP contribution in [-0.2, 0) is 19.1 Å². The van der Waals surface area contributed by atoms with Gasteiger partial charge in [0.05, 0.1) is 13.5 Å². The molecule has 0 N–H and O–H groups in total. The third-order valence-electron chi connectivity index (χ3n) is 1.59. The molecule has 1 aliphatic heterocycles. The number of cyclic esters (lactones) is 1. The van der Waals surface area contributed by atoms with Crippen LogP contribution in [0.5, 0.6) is 0 Å². The first kappa shape index (κ1) is 8.04. The van der Waals surface area contributed by atoms with Crippen molar-refractivity contribution in [2.45, 2.75) is 25.4 Å². The molecule has 0 amide bonds. The molecule has 0 aromatic heterocycles. The molecule has 0 bridgehead atoms. The summed E-state index contributed by atoms with van der Waals surface area (Å²) in [6.45, 7) is 0. The van der Waals surface area contributed by atoms with Crippen LogP contribution in [0, 0.1) is 0 Å². The molecule has 4 nitrogen and oxygen atoms in total. The summed E-state index contributed by atoms with van der Waals surface area (Å²) in [4.78, 5) is 21.2. The van der Waals surface area contributed by atoms with Gasteiger partial charge in [-0.25, -0.2) is 0 Å². The van der Waals surface area contributed by atoms with Crippen LogP contribution in [0.4, 0.5) is 0 Å². The fraction of sp³-hybridized carbons (Fsp3) is 0.714. The highest BCUT2D eigenvalue weighted by molar-refractivity contribution is 5.74. The Morgan fingerprint density at radius 1 is 1.82 bits per heavy atom. The molecule has 4 heteroatoms. The second-order valence-corrected chi connectivity index (χ2v) is 2.43. The van der Waals surface area contributed by atoms with Crippen LogP contribution < -0.4 is 0 Å². The molecule has 11 heavy (non-hydrogen) atoms. The van der Waals surface area contributed by atoms with E-state index in [1.165, 1.54) is 7.11 Å². The molecule has 1 fully saturated rings. The predicted molar refractivity (Wildman–Crippen MR) is 35.7 cm³/mol. The lowest BCUT2D eigenvalue weighted by atomic mass is 10.2. The van der Waals surface area contributed by atoms with Gasteiger partial charge in [-0.05, 0) is 6.42 Å². The van der Waals surface area contributed by atoms with Gasteiger partial charge in [0.1, 0.15) is 6.10 Å². The van der Waals surface area contributed by atoms with Crippen molar-refractivity contribution in [2.24, 2.45) is 0 Å². The minimum atomic E-state index is -0.329. The van der Waals surface area contributed by atoms with E-state index in [2.05, 4.69) is 4.74 Å². The van der Waals surface area contributed by atoms with E-state index in [0.717, 1.165) is 0 Å². The predicted octanol–water partition coefficient (Wildman–Crippen LogP) is 0.255. The lowest BCUT2D eigenvalue weighted by molar-refractivity contribution is -0.147. The highest BCUT2D eigenvalue weighted by Gasteiger charge is 2.25. The third kappa shape index (κ3) is 2.22. The molecular weight excluding hydrogens is 148 g/mol. The molecule has 0 aromatic carbocycles. The second-order valence-electron chi connectivity index (χ2n) is 2.43. The van der Waals surface area contributed by atoms with Gasteiger partial charge in [0.25, 0.3) is 0 Å². The molecule has 1 heterocycles. The molecule has 1 saturated heterocycles. The van der Waals surface area contributed by atoms with E-state index in [9.17, 15) is 9.59 Å². The number of ether oxygens (including phenoxy) is 2. The van der Waals surface area contributed by atoms with Crippen molar-refractivity contribution < 1.29 is 19.1 Å². The second kappa shape index (κ2) is 3.37. The number of esters is 2. The SMILES string of the molecule is COC(=O)CC1CCC(=O)O1. The van der Waals surface area contributed by atoms with Crippen LogP contribution in [0.15, 0.2) is 0 Å². The van der Waals surface area contributed by atoms with Gasteiger partial charge < -0.3 is 9.47 Å². The highest BCUT2D eigenvalue weighted by atomic mass is 16.6. The largest absolute Gasteiger partial charge is 0.469 e. The van der Waals surface area contributed by atoms with Gasteiger partial charge in [0, 0.05) is 6.42 Å². The van der Waals surface area contributed by atoms with Crippen LogP contribution >= 0.6 is 0 Å². The number of hydrogen-bond acceptors (Lipinski definition) is 4. The minimum absolute atomic E-state index is 0.183. The van der Waals surface area contributed by atoms with Crippen molar-refractivity contribution in [1.29, 1.82) is 0 Å². The minimum Gasteiger partial charge on any atom is -0.469 e. The van der Waals surface area contributed by atoms with Gasteiger partial charge in [-0.2, -0.15) is 0 Å². The first-order valence-electron chi connectivity index (χ1n) is 3.48. The van der Waals surface area contributed by atoms with Crippen molar-refractivity contribution in [1.82, 2.24) is 0 Å². The van der Waals surface area contributed by atoms with Crippen molar-refractivity contribution >= 4 is 11.9 Å². The number of hydrogen-bond donors (Lipinski definition) is 0. The molecule has 0 radical (unpaired) electrons. The highest BCUT2D eigenvalue weighted by Crippen LogP contribution is 2.16. The molecule has 0 saturated carbocycles. The average Bonchev–Trinajstić information content (AvgIpc) is 2.35. The lowest BCUT2D eigenvalue weighted by Gasteiger charge is -2.05. The van der Waals surface area contributed by atoms with E-state index < -0.39 is 0 Å². The molecule has 1 aliphatic rings. The maximum Gasteiger partial charge on any atom is 0.309 e. The monoisotopic (exact) mass is 158 g/mol. The van der Waals surface area contributed by atoms with Gasteiger partial charge in [-0.1, -0.05) is 0 Å². The van der Waals surface area contributed by atoms with Gasteiger partial charge in [0.2, 0.25) is 0 Å². The summed E-state index contributed by atoms with van der Waals surface area (Å²) < 4.78 is 9.21. The smallest absolute Gasteiger partial charge is 0.309 e. The summed E-state index contributed by atoms with van der Waals surface area (Å²) in [5.41, 5.74) is 0. The summed E-state index contributed by atoms with van der Waals surface area (Å²) in [7, 11) is 1.32. The number of methoxy groups -OCH3 is 1. The van der Waals surface area contributed by atoms with Crippen LogP contribution in [0.3, 0.4) is 0 Å².